The first-order valence-electron chi connectivity index (χ1n) is 8.71. The van der Waals surface area contributed by atoms with Crippen molar-refractivity contribution in [2.24, 2.45) is 10.2 Å². The molecule has 0 aliphatic heterocycles. The van der Waals surface area contributed by atoms with Crippen molar-refractivity contribution in [1.29, 1.82) is 0 Å². The third kappa shape index (κ3) is 3.48. The van der Waals surface area contributed by atoms with E-state index in [-0.39, 0.29) is 11.9 Å². The number of aromatic nitrogens is 1. The highest BCUT2D eigenvalue weighted by Crippen LogP contribution is 2.42. The Morgan fingerprint density at radius 1 is 1.04 bits per heavy atom. The number of azo groups is 1. The maximum atomic E-state index is 10.6. The summed E-state index contributed by atoms with van der Waals surface area (Å²) in [5, 5.41) is 21.2. The van der Waals surface area contributed by atoms with Gasteiger partial charge in [0.05, 0.1) is 16.3 Å². The number of hydrogen-bond acceptors (Lipinski definition) is 6. The maximum absolute atomic E-state index is 10.6. The van der Waals surface area contributed by atoms with E-state index in [0.29, 0.717) is 22.0 Å². The summed E-state index contributed by atoms with van der Waals surface area (Å²) >= 11 is 1.47. The Morgan fingerprint density at radius 2 is 1.81 bits per heavy atom. The summed E-state index contributed by atoms with van der Waals surface area (Å²) < 4.78 is 6.98. The van der Waals surface area contributed by atoms with Gasteiger partial charge in [-0.2, -0.15) is 0 Å². The maximum Gasteiger partial charge on any atom is 0.231 e. The van der Waals surface area contributed by atoms with E-state index in [1.807, 2.05) is 57.2 Å². The summed E-state index contributed by atoms with van der Waals surface area (Å²) in [6.07, 6.45) is 0.00948. The van der Waals surface area contributed by atoms with Crippen LogP contribution in [0.25, 0.3) is 21.0 Å². The summed E-state index contributed by atoms with van der Waals surface area (Å²) in [5.41, 5.74) is 2.43. The smallest absolute Gasteiger partial charge is 0.231 e. The van der Waals surface area contributed by atoms with Gasteiger partial charge in [-0.1, -0.05) is 41.7 Å². The topological polar surface area (TPSA) is 67.1 Å². The molecular formula is C21H19N3O2S. The molecule has 0 saturated heterocycles. The van der Waals surface area contributed by atoms with Crippen molar-refractivity contribution in [2.45, 2.75) is 26.9 Å². The van der Waals surface area contributed by atoms with Crippen LogP contribution >= 0.6 is 11.3 Å². The van der Waals surface area contributed by atoms with Crippen LogP contribution in [0.4, 0.5) is 10.8 Å². The molecule has 0 saturated carbocycles. The van der Waals surface area contributed by atoms with Crippen LogP contribution in [0.15, 0.2) is 58.8 Å². The lowest BCUT2D eigenvalue weighted by atomic mass is 10.1. The predicted octanol–water partition coefficient (Wildman–Crippen LogP) is 6.67. The number of aromatic hydroxyl groups is 1. The molecule has 27 heavy (non-hydrogen) atoms. The second kappa shape index (κ2) is 6.96. The average Bonchev–Trinajstić information content (AvgIpc) is 3.04. The number of hydrogen-bond donors (Lipinski definition) is 1. The van der Waals surface area contributed by atoms with Crippen LogP contribution in [0.1, 0.15) is 19.4 Å². The van der Waals surface area contributed by atoms with Gasteiger partial charge in [0.2, 0.25) is 5.13 Å². The molecule has 0 unspecified atom stereocenters. The molecule has 1 aromatic heterocycles. The number of benzene rings is 3. The average molecular weight is 377 g/mol. The molecule has 136 valence electrons. The number of phenolic OH excluding ortho intramolecular Hbond substituents is 1. The van der Waals surface area contributed by atoms with E-state index < -0.39 is 0 Å². The Labute approximate surface area is 161 Å². The molecule has 1 heterocycles. The van der Waals surface area contributed by atoms with Gasteiger partial charge in [0.25, 0.3) is 0 Å². The van der Waals surface area contributed by atoms with Gasteiger partial charge < -0.3 is 9.84 Å². The molecular weight excluding hydrogens is 358 g/mol. The number of ether oxygens (including phenoxy) is 1. The first kappa shape index (κ1) is 17.4. The van der Waals surface area contributed by atoms with Gasteiger partial charge in [-0.05, 0) is 38.5 Å². The normalized spacial score (nSPS) is 11.9. The number of fused-ring (bicyclic) bond motifs is 2. The van der Waals surface area contributed by atoms with Crippen molar-refractivity contribution >= 4 is 43.1 Å². The highest BCUT2D eigenvalue weighted by molar-refractivity contribution is 7.21. The van der Waals surface area contributed by atoms with Gasteiger partial charge in [0.15, 0.2) is 5.75 Å². The third-order valence-corrected chi connectivity index (χ3v) is 5.00. The SMILES string of the molecule is Cc1ccc2nc(N=Nc3cc(OC(C)C)c4ccccc4c3O)sc2c1. The van der Waals surface area contributed by atoms with Crippen LogP contribution in [-0.2, 0) is 0 Å². The summed E-state index contributed by atoms with van der Waals surface area (Å²) in [5.74, 6) is 0.759. The van der Waals surface area contributed by atoms with Gasteiger partial charge in [-0.25, -0.2) is 4.98 Å². The standard InChI is InChI=1S/C21H19N3O2S/c1-12(2)26-18-11-17(20(25)15-7-5-4-6-14(15)18)23-24-21-22-16-9-8-13(3)10-19(16)27-21/h4-12,25H,1-3H3. The van der Waals surface area contributed by atoms with Crippen LogP contribution in [-0.4, -0.2) is 16.2 Å². The van der Waals surface area contributed by atoms with Gasteiger partial charge in [-0.15, -0.1) is 10.2 Å². The van der Waals surface area contributed by atoms with Gasteiger partial charge in [-0.3, -0.25) is 0 Å². The van der Waals surface area contributed by atoms with E-state index in [0.717, 1.165) is 15.6 Å². The summed E-state index contributed by atoms with van der Waals surface area (Å²) in [6.45, 7) is 5.97. The summed E-state index contributed by atoms with van der Waals surface area (Å²) in [6, 6.07) is 15.3. The number of aryl methyl sites for hydroxylation is 1. The second-order valence-electron chi connectivity index (χ2n) is 6.62. The van der Waals surface area contributed by atoms with E-state index in [2.05, 4.69) is 21.3 Å². The molecule has 6 heteroatoms. The molecule has 0 atom stereocenters. The van der Waals surface area contributed by atoms with Crippen LogP contribution in [0, 0.1) is 6.92 Å². The monoisotopic (exact) mass is 377 g/mol. The fourth-order valence-corrected chi connectivity index (χ4v) is 3.78. The Morgan fingerprint density at radius 3 is 2.59 bits per heavy atom. The Kier molecular flexibility index (Phi) is 4.49. The largest absolute Gasteiger partial charge is 0.505 e. The summed E-state index contributed by atoms with van der Waals surface area (Å²) in [7, 11) is 0. The molecule has 0 aliphatic rings. The van der Waals surface area contributed by atoms with Gasteiger partial charge in [0.1, 0.15) is 11.4 Å². The van der Waals surface area contributed by atoms with E-state index in [9.17, 15) is 5.11 Å². The fourth-order valence-electron chi connectivity index (χ4n) is 2.90. The van der Waals surface area contributed by atoms with Gasteiger partial charge >= 0.3 is 0 Å². The number of rotatable bonds is 4. The van der Waals surface area contributed by atoms with Gasteiger partial charge in [0, 0.05) is 16.8 Å². The zero-order chi connectivity index (χ0) is 19.0. The van der Waals surface area contributed by atoms with E-state index >= 15 is 0 Å². The Hall–Kier alpha value is -2.99. The van der Waals surface area contributed by atoms with E-state index in [4.69, 9.17) is 4.74 Å². The Bertz CT molecular complexity index is 1160. The van der Waals surface area contributed by atoms with Crippen LogP contribution in [0.5, 0.6) is 11.5 Å². The fraction of sp³-hybridized carbons (Fsp3) is 0.190. The van der Waals surface area contributed by atoms with Crippen molar-refractivity contribution in [1.82, 2.24) is 4.98 Å². The zero-order valence-corrected chi connectivity index (χ0v) is 16.1. The van der Waals surface area contributed by atoms with E-state index in [1.165, 1.54) is 16.9 Å². The number of nitrogens with zero attached hydrogens (tertiary/aromatic N) is 3. The molecule has 5 nitrogen and oxygen atoms in total. The number of thiazole rings is 1. The molecule has 0 fully saturated rings. The molecule has 3 aromatic carbocycles. The quantitative estimate of drug-likeness (QED) is 0.404. The van der Waals surface area contributed by atoms with Crippen molar-refractivity contribution in [3.05, 3.63) is 54.1 Å². The molecule has 0 aliphatic carbocycles. The number of phenols is 1. The minimum absolute atomic E-state index is 0.00948. The van der Waals surface area contributed by atoms with Crippen LogP contribution in [0.3, 0.4) is 0 Å². The predicted molar refractivity (Wildman–Crippen MR) is 110 cm³/mol. The highest BCUT2D eigenvalue weighted by atomic mass is 32.1. The van der Waals surface area contributed by atoms with Crippen molar-refractivity contribution in [3.63, 3.8) is 0 Å². The molecule has 0 bridgehead atoms. The highest BCUT2D eigenvalue weighted by Gasteiger charge is 2.13. The molecule has 0 spiro atoms. The first-order chi connectivity index (χ1) is 13.0. The zero-order valence-electron chi connectivity index (χ0n) is 15.3. The van der Waals surface area contributed by atoms with Crippen LogP contribution < -0.4 is 4.74 Å². The molecule has 0 radical (unpaired) electrons. The molecule has 4 aromatic rings. The van der Waals surface area contributed by atoms with Crippen molar-refractivity contribution in [3.8, 4) is 11.5 Å². The lowest BCUT2D eigenvalue weighted by Gasteiger charge is -2.14. The minimum Gasteiger partial charge on any atom is -0.505 e. The molecule has 0 amide bonds. The lowest BCUT2D eigenvalue weighted by molar-refractivity contribution is 0.245. The van der Waals surface area contributed by atoms with Crippen molar-refractivity contribution < 1.29 is 9.84 Å². The molecule has 4 rings (SSSR count). The summed E-state index contributed by atoms with van der Waals surface area (Å²) in [4.78, 5) is 4.48. The Balaban J connectivity index is 1.77. The third-order valence-electron chi connectivity index (χ3n) is 4.10. The van der Waals surface area contributed by atoms with E-state index in [1.54, 1.807) is 6.07 Å². The minimum atomic E-state index is 0.00948. The van der Waals surface area contributed by atoms with Crippen LogP contribution in [0.2, 0.25) is 0 Å². The van der Waals surface area contributed by atoms with Crippen molar-refractivity contribution in [2.75, 3.05) is 0 Å². The lowest BCUT2D eigenvalue weighted by Crippen LogP contribution is -2.05. The second-order valence-corrected chi connectivity index (χ2v) is 7.63. The first-order valence-corrected chi connectivity index (χ1v) is 9.53. The molecule has 1 N–H and O–H groups in total.